The topological polar surface area (TPSA) is 47.6 Å². The second kappa shape index (κ2) is 7.08. The average molecular weight is 379 g/mol. The normalized spacial score (nSPS) is 12.1. The zero-order valence-electron chi connectivity index (χ0n) is 15.6. The molecule has 2 aromatic carbocycles. The number of amides is 1. The van der Waals surface area contributed by atoms with Crippen molar-refractivity contribution in [1.29, 1.82) is 0 Å². The average Bonchev–Trinajstić information content (AvgIpc) is 3.14. The van der Waals surface area contributed by atoms with Crippen LogP contribution < -0.4 is 14.8 Å². The molecule has 1 N–H and O–H groups in total. The summed E-state index contributed by atoms with van der Waals surface area (Å²) in [5, 5.41) is 3.02. The van der Waals surface area contributed by atoms with Gasteiger partial charge in [0.1, 0.15) is 0 Å². The second-order valence-electron chi connectivity index (χ2n) is 6.60. The van der Waals surface area contributed by atoms with Crippen LogP contribution in [0.4, 0.5) is 5.69 Å². The lowest BCUT2D eigenvalue weighted by Gasteiger charge is -2.15. The Hall–Kier alpha value is -2.79. The molecule has 1 aliphatic rings. The maximum atomic E-state index is 12.9. The third-order valence-corrected chi connectivity index (χ3v) is 6.15. The first kappa shape index (κ1) is 17.6. The fourth-order valence-corrected chi connectivity index (χ4v) is 4.65. The van der Waals surface area contributed by atoms with Crippen LogP contribution in [0.5, 0.6) is 11.5 Å². The molecule has 0 saturated heterocycles. The minimum Gasteiger partial charge on any atom is -0.493 e. The molecule has 0 spiro atoms. The molecule has 1 amide bonds. The Morgan fingerprint density at radius 3 is 2.48 bits per heavy atom. The van der Waals surface area contributed by atoms with Crippen LogP contribution in [0.1, 0.15) is 26.4 Å². The van der Waals surface area contributed by atoms with E-state index in [1.807, 2.05) is 19.1 Å². The van der Waals surface area contributed by atoms with E-state index in [0.717, 1.165) is 29.0 Å². The van der Waals surface area contributed by atoms with Crippen molar-refractivity contribution in [2.75, 3.05) is 19.5 Å². The second-order valence-corrected chi connectivity index (χ2v) is 7.65. The van der Waals surface area contributed by atoms with Crippen LogP contribution in [0.25, 0.3) is 10.4 Å². The number of benzene rings is 2. The summed E-state index contributed by atoms with van der Waals surface area (Å²) in [6, 6.07) is 14.1. The quantitative estimate of drug-likeness (QED) is 0.687. The van der Waals surface area contributed by atoms with Gasteiger partial charge in [0.05, 0.1) is 19.1 Å². The van der Waals surface area contributed by atoms with E-state index in [0.29, 0.717) is 11.5 Å². The predicted molar refractivity (Wildman–Crippen MR) is 109 cm³/mol. The van der Waals surface area contributed by atoms with E-state index in [1.165, 1.54) is 21.6 Å². The lowest BCUT2D eigenvalue weighted by atomic mass is 9.91. The van der Waals surface area contributed by atoms with Gasteiger partial charge < -0.3 is 14.8 Å². The number of hydrogen-bond donors (Lipinski definition) is 1. The van der Waals surface area contributed by atoms with Gasteiger partial charge in [-0.2, -0.15) is 0 Å². The number of fused-ring (bicyclic) bond motifs is 3. The first-order valence-corrected chi connectivity index (χ1v) is 9.67. The molecule has 3 aromatic rings. The van der Waals surface area contributed by atoms with Gasteiger partial charge in [-0.25, -0.2) is 0 Å². The van der Waals surface area contributed by atoms with E-state index in [4.69, 9.17) is 9.47 Å². The third kappa shape index (κ3) is 3.19. The van der Waals surface area contributed by atoms with Crippen molar-refractivity contribution in [3.05, 3.63) is 64.0 Å². The van der Waals surface area contributed by atoms with Gasteiger partial charge in [0.15, 0.2) is 11.5 Å². The summed E-state index contributed by atoms with van der Waals surface area (Å²) in [6.45, 7) is 1.94. The van der Waals surface area contributed by atoms with Crippen molar-refractivity contribution in [3.8, 4) is 21.9 Å². The van der Waals surface area contributed by atoms with Crippen LogP contribution in [0.15, 0.2) is 42.5 Å². The van der Waals surface area contributed by atoms with E-state index >= 15 is 0 Å². The van der Waals surface area contributed by atoms with E-state index in [1.54, 1.807) is 31.6 Å². The molecule has 0 fully saturated rings. The van der Waals surface area contributed by atoms with Gasteiger partial charge in [-0.3, -0.25) is 4.79 Å². The molecule has 5 heteroatoms. The molecular formula is C22H21NO3S. The Morgan fingerprint density at radius 1 is 1.00 bits per heavy atom. The number of nitrogens with one attached hydrogen (secondary N) is 1. The number of thiophene rings is 1. The number of methoxy groups -OCH3 is 2. The summed E-state index contributed by atoms with van der Waals surface area (Å²) in [6.07, 6.45) is 2.00. The van der Waals surface area contributed by atoms with Crippen molar-refractivity contribution in [3.63, 3.8) is 0 Å². The fourth-order valence-electron chi connectivity index (χ4n) is 3.48. The number of carbonyl (C=O) groups is 1. The summed E-state index contributed by atoms with van der Waals surface area (Å²) in [5.74, 6) is 1.15. The number of anilines is 1. The largest absolute Gasteiger partial charge is 0.493 e. The highest BCUT2D eigenvalue weighted by Gasteiger charge is 2.22. The molecule has 1 heterocycles. The first-order chi connectivity index (χ1) is 13.1. The van der Waals surface area contributed by atoms with Crippen molar-refractivity contribution in [2.45, 2.75) is 19.8 Å². The third-order valence-electron chi connectivity index (χ3n) is 4.94. The van der Waals surface area contributed by atoms with Crippen LogP contribution >= 0.6 is 11.3 Å². The maximum Gasteiger partial charge on any atom is 0.265 e. The monoisotopic (exact) mass is 379 g/mol. The van der Waals surface area contributed by atoms with Gasteiger partial charge in [0, 0.05) is 16.6 Å². The van der Waals surface area contributed by atoms with Crippen molar-refractivity contribution in [1.82, 2.24) is 0 Å². The number of ether oxygens (including phenoxy) is 2. The molecule has 138 valence electrons. The molecule has 1 aliphatic carbocycles. The molecule has 0 bridgehead atoms. The molecule has 1 aromatic heterocycles. The minimum atomic E-state index is -0.0952. The van der Waals surface area contributed by atoms with Crippen molar-refractivity contribution in [2.24, 2.45) is 0 Å². The summed E-state index contributed by atoms with van der Waals surface area (Å²) >= 11 is 1.56. The summed E-state index contributed by atoms with van der Waals surface area (Å²) in [4.78, 5) is 14.8. The highest BCUT2D eigenvalue weighted by atomic mass is 32.1. The molecule has 0 atom stereocenters. The minimum absolute atomic E-state index is 0.0952. The van der Waals surface area contributed by atoms with Gasteiger partial charge in [0.2, 0.25) is 0 Å². The predicted octanol–water partition coefficient (Wildman–Crippen LogP) is 5.09. The lowest BCUT2D eigenvalue weighted by molar-refractivity contribution is 0.103. The first-order valence-electron chi connectivity index (χ1n) is 8.85. The van der Waals surface area contributed by atoms with Gasteiger partial charge in [-0.1, -0.05) is 24.3 Å². The molecule has 0 unspecified atom stereocenters. The van der Waals surface area contributed by atoms with Crippen LogP contribution in [0, 0.1) is 6.92 Å². The van der Waals surface area contributed by atoms with E-state index < -0.39 is 0 Å². The number of rotatable bonds is 4. The molecule has 4 rings (SSSR count). The molecule has 0 saturated carbocycles. The summed E-state index contributed by atoms with van der Waals surface area (Å²) in [5.41, 5.74) is 5.52. The van der Waals surface area contributed by atoms with Gasteiger partial charge in [0.25, 0.3) is 5.91 Å². The number of aryl methyl sites for hydroxylation is 3. The standard InChI is InChI=1S/C22H21NO3S/c1-13-10-18(25-2)19(26-3)12-17(13)23-22(24)20-11-15-9-8-14-6-4-5-7-16(14)21(15)27-20/h4-7,10-12H,8-9H2,1-3H3,(H,23,24). The van der Waals surface area contributed by atoms with Crippen LogP contribution in [0.2, 0.25) is 0 Å². The molecular weight excluding hydrogens is 358 g/mol. The van der Waals surface area contributed by atoms with E-state index in [2.05, 4.69) is 29.6 Å². The lowest BCUT2D eigenvalue weighted by Crippen LogP contribution is -2.11. The Bertz CT molecular complexity index is 1020. The maximum absolute atomic E-state index is 12.9. The van der Waals surface area contributed by atoms with Gasteiger partial charge >= 0.3 is 0 Å². The van der Waals surface area contributed by atoms with E-state index in [-0.39, 0.29) is 5.91 Å². The van der Waals surface area contributed by atoms with Gasteiger partial charge in [-0.15, -0.1) is 11.3 Å². The van der Waals surface area contributed by atoms with E-state index in [9.17, 15) is 4.79 Å². The fraction of sp³-hybridized carbons (Fsp3) is 0.227. The molecule has 0 radical (unpaired) electrons. The molecule has 27 heavy (non-hydrogen) atoms. The van der Waals surface area contributed by atoms with Crippen LogP contribution in [0.3, 0.4) is 0 Å². The Kier molecular flexibility index (Phi) is 4.62. The zero-order chi connectivity index (χ0) is 19.0. The Balaban J connectivity index is 1.63. The Labute approximate surface area is 162 Å². The summed E-state index contributed by atoms with van der Waals surface area (Å²) < 4.78 is 10.7. The molecule has 0 aliphatic heterocycles. The SMILES string of the molecule is COc1cc(C)c(NC(=O)c2cc3c(s2)-c2ccccc2CC3)cc1OC. The number of carbonyl (C=O) groups excluding carboxylic acids is 1. The molecule has 4 nitrogen and oxygen atoms in total. The highest BCUT2D eigenvalue weighted by Crippen LogP contribution is 2.40. The smallest absolute Gasteiger partial charge is 0.265 e. The van der Waals surface area contributed by atoms with Crippen LogP contribution in [-0.4, -0.2) is 20.1 Å². The number of hydrogen-bond acceptors (Lipinski definition) is 4. The van der Waals surface area contributed by atoms with Crippen molar-refractivity contribution < 1.29 is 14.3 Å². The van der Waals surface area contributed by atoms with Crippen molar-refractivity contribution >= 4 is 22.9 Å². The summed E-state index contributed by atoms with van der Waals surface area (Å²) in [7, 11) is 3.19. The van der Waals surface area contributed by atoms with Gasteiger partial charge in [-0.05, 0) is 54.2 Å². The van der Waals surface area contributed by atoms with Crippen LogP contribution in [-0.2, 0) is 12.8 Å². The highest BCUT2D eigenvalue weighted by molar-refractivity contribution is 7.17. The Morgan fingerprint density at radius 2 is 1.70 bits per heavy atom. The zero-order valence-corrected chi connectivity index (χ0v) is 16.4.